The molecule has 5 heteroatoms. The lowest BCUT2D eigenvalue weighted by Gasteiger charge is -2.33. The molecule has 108 valence electrons. The normalized spacial score (nSPS) is 16.5. The van der Waals surface area contributed by atoms with E-state index in [4.69, 9.17) is 21.4 Å². The minimum Gasteiger partial charge on any atom is -0.478 e. The minimum absolute atomic E-state index is 0.459. The van der Waals surface area contributed by atoms with Gasteiger partial charge in [0.05, 0.1) is 0 Å². The van der Waals surface area contributed by atoms with Crippen LogP contribution >= 0.6 is 11.6 Å². The second-order valence-electron chi connectivity index (χ2n) is 4.83. The Labute approximate surface area is 123 Å². The Bertz CT molecular complexity index is 510. The van der Waals surface area contributed by atoms with Crippen LogP contribution in [-0.2, 0) is 9.53 Å². The van der Waals surface area contributed by atoms with Crippen LogP contribution in [0.3, 0.4) is 0 Å². The lowest BCUT2D eigenvalue weighted by molar-refractivity contribution is -0.131. The lowest BCUT2D eigenvalue weighted by atomic mass is 10.1. The van der Waals surface area contributed by atoms with Crippen molar-refractivity contribution >= 4 is 29.3 Å². The van der Waals surface area contributed by atoms with E-state index in [-0.39, 0.29) is 0 Å². The number of ether oxygens (including phenoxy) is 1. The van der Waals surface area contributed by atoms with Crippen LogP contribution in [-0.4, -0.2) is 37.4 Å². The minimum atomic E-state index is -0.982. The summed E-state index contributed by atoms with van der Waals surface area (Å²) >= 11 is 6.20. The van der Waals surface area contributed by atoms with E-state index < -0.39 is 5.97 Å². The van der Waals surface area contributed by atoms with Gasteiger partial charge >= 0.3 is 5.97 Å². The molecule has 1 saturated heterocycles. The van der Waals surface area contributed by atoms with E-state index in [1.54, 1.807) is 0 Å². The Hall–Kier alpha value is -1.52. The SMILES string of the molecule is CN(c1ccc(/C=C/C(=O)O)c(Cl)c1)C1CCOCC1. The van der Waals surface area contributed by atoms with Crippen LogP contribution in [0.1, 0.15) is 18.4 Å². The Morgan fingerprint density at radius 2 is 2.15 bits per heavy atom. The molecule has 2 rings (SSSR count). The molecule has 1 aromatic rings. The van der Waals surface area contributed by atoms with Gasteiger partial charge in [0, 0.05) is 43.1 Å². The third-order valence-corrected chi connectivity index (χ3v) is 3.86. The molecule has 1 fully saturated rings. The van der Waals surface area contributed by atoms with Gasteiger partial charge < -0.3 is 14.7 Å². The first-order valence-corrected chi connectivity index (χ1v) is 6.97. The van der Waals surface area contributed by atoms with E-state index >= 15 is 0 Å². The molecule has 1 aromatic carbocycles. The molecule has 1 heterocycles. The van der Waals surface area contributed by atoms with Crippen molar-refractivity contribution in [3.05, 3.63) is 34.9 Å². The molecule has 0 aliphatic carbocycles. The van der Waals surface area contributed by atoms with E-state index in [2.05, 4.69) is 11.9 Å². The molecule has 20 heavy (non-hydrogen) atoms. The second-order valence-corrected chi connectivity index (χ2v) is 5.24. The number of carboxylic acids is 1. The van der Waals surface area contributed by atoms with Gasteiger partial charge in [0.1, 0.15) is 0 Å². The Kier molecular flexibility index (Phi) is 5.04. The van der Waals surface area contributed by atoms with Crippen LogP contribution in [0, 0.1) is 0 Å². The van der Waals surface area contributed by atoms with Crippen molar-refractivity contribution in [1.82, 2.24) is 0 Å². The van der Waals surface area contributed by atoms with Crippen molar-refractivity contribution in [2.45, 2.75) is 18.9 Å². The number of hydrogen-bond donors (Lipinski definition) is 1. The molecule has 1 aliphatic rings. The zero-order valence-electron chi connectivity index (χ0n) is 11.4. The standard InChI is InChI=1S/C15H18ClNO3/c1-17(12-6-8-20-9-7-12)13-4-2-11(14(16)10-13)3-5-15(18)19/h2-5,10,12H,6-9H2,1H3,(H,18,19)/b5-3+. The molecular formula is C15H18ClNO3. The molecule has 0 atom stereocenters. The molecule has 0 unspecified atom stereocenters. The summed E-state index contributed by atoms with van der Waals surface area (Å²) in [6, 6.07) is 6.13. The summed E-state index contributed by atoms with van der Waals surface area (Å²) in [6.07, 6.45) is 4.61. The highest BCUT2D eigenvalue weighted by molar-refractivity contribution is 6.32. The van der Waals surface area contributed by atoms with Crippen LogP contribution in [0.4, 0.5) is 5.69 Å². The predicted molar refractivity (Wildman–Crippen MR) is 80.4 cm³/mol. The third-order valence-electron chi connectivity index (χ3n) is 3.54. The van der Waals surface area contributed by atoms with Crippen molar-refractivity contribution in [3.8, 4) is 0 Å². The number of halogens is 1. The maximum atomic E-state index is 10.5. The van der Waals surface area contributed by atoms with Crippen LogP contribution in [0.25, 0.3) is 6.08 Å². The average molecular weight is 296 g/mol. The Morgan fingerprint density at radius 1 is 1.45 bits per heavy atom. The highest BCUT2D eigenvalue weighted by Crippen LogP contribution is 2.27. The summed E-state index contributed by atoms with van der Waals surface area (Å²) in [7, 11) is 2.05. The van der Waals surface area contributed by atoms with Gasteiger partial charge in [-0.15, -0.1) is 0 Å². The second kappa shape index (κ2) is 6.77. The fourth-order valence-corrected chi connectivity index (χ4v) is 2.55. The van der Waals surface area contributed by atoms with Crippen molar-refractivity contribution < 1.29 is 14.6 Å². The number of carbonyl (C=O) groups is 1. The van der Waals surface area contributed by atoms with Crippen molar-refractivity contribution in [1.29, 1.82) is 0 Å². The molecule has 0 radical (unpaired) electrons. The average Bonchev–Trinajstić information content (AvgIpc) is 2.46. The van der Waals surface area contributed by atoms with E-state index in [1.807, 2.05) is 18.2 Å². The number of nitrogens with zero attached hydrogens (tertiary/aromatic N) is 1. The molecule has 4 nitrogen and oxygen atoms in total. The van der Waals surface area contributed by atoms with Gasteiger partial charge in [-0.3, -0.25) is 0 Å². The van der Waals surface area contributed by atoms with Gasteiger partial charge in [-0.2, -0.15) is 0 Å². The van der Waals surface area contributed by atoms with Gasteiger partial charge in [0.2, 0.25) is 0 Å². The summed E-state index contributed by atoms with van der Waals surface area (Å²) in [6.45, 7) is 1.59. The molecule has 0 aromatic heterocycles. The zero-order valence-corrected chi connectivity index (χ0v) is 12.1. The van der Waals surface area contributed by atoms with Crippen LogP contribution in [0.2, 0.25) is 5.02 Å². The zero-order chi connectivity index (χ0) is 14.5. The number of rotatable bonds is 4. The number of anilines is 1. The van der Waals surface area contributed by atoms with Gasteiger partial charge in [-0.25, -0.2) is 4.79 Å². The topological polar surface area (TPSA) is 49.8 Å². The first-order valence-electron chi connectivity index (χ1n) is 6.59. The van der Waals surface area contributed by atoms with Gasteiger partial charge in [-0.05, 0) is 36.6 Å². The number of carboxylic acid groups (broad SMARTS) is 1. The van der Waals surface area contributed by atoms with E-state index in [9.17, 15) is 4.79 Å². The summed E-state index contributed by atoms with van der Waals surface area (Å²) in [5.74, 6) is -0.982. The maximum Gasteiger partial charge on any atom is 0.328 e. The van der Waals surface area contributed by atoms with Crippen molar-refractivity contribution in [2.24, 2.45) is 0 Å². The smallest absolute Gasteiger partial charge is 0.328 e. The van der Waals surface area contributed by atoms with Gasteiger partial charge in [0.25, 0.3) is 0 Å². The summed E-state index contributed by atoms with van der Waals surface area (Å²) < 4.78 is 5.37. The van der Waals surface area contributed by atoms with Crippen LogP contribution < -0.4 is 4.90 Å². The molecule has 0 bridgehead atoms. The fourth-order valence-electron chi connectivity index (χ4n) is 2.31. The monoisotopic (exact) mass is 295 g/mol. The molecule has 1 N–H and O–H groups in total. The Morgan fingerprint density at radius 3 is 2.75 bits per heavy atom. The molecule has 1 aliphatic heterocycles. The highest BCUT2D eigenvalue weighted by atomic mass is 35.5. The summed E-state index contributed by atoms with van der Waals surface area (Å²) in [5.41, 5.74) is 1.74. The van der Waals surface area contributed by atoms with Crippen LogP contribution in [0.5, 0.6) is 0 Å². The van der Waals surface area contributed by atoms with Crippen molar-refractivity contribution in [2.75, 3.05) is 25.2 Å². The number of hydrogen-bond acceptors (Lipinski definition) is 3. The van der Waals surface area contributed by atoms with Crippen molar-refractivity contribution in [3.63, 3.8) is 0 Å². The molecule has 0 spiro atoms. The summed E-state index contributed by atoms with van der Waals surface area (Å²) in [4.78, 5) is 12.7. The quantitative estimate of drug-likeness (QED) is 0.868. The largest absolute Gasteiger partial charge is 0.478 e. The molecule has 0 amide bonds. The molecular weight excluding hydrogens is 278 g/mol. The highest BCUT2D eigenvalue weighted by Gasteiger charge is 2.19. The van der Waals surface area contributed by atoms with E-state index in [1.165, 1.54) is 6.08 Å². The van der Waals surface area contributed by atoms with E-state index in [0.29, 0.717) is 16.6 Å². The lowest BCUT2D eigenvalue weighted by Crippen LogP contribution is -2.36. The number of aliphatic carboxylic acids is 1. The third kappa shape index (κ3) is 3.74. The Balaban J connectivity index is 2.13. The fraction of sp³-hybridized carbons (Fsp3) is 0.400. The van der Waals surface area contributed by atoms with Gasteiger partial charge in [0.15, 0.2) is 0 Å². The number of benzene rings is 1. The first-order chi connectivity index (χ1) is 9.58. The molecule has 0 saturated carbocycles. The summed E-state index contributed by atoms with van der Waals surface area (Å²) in [5, 5.41) is 9.18. The van der Waals surface area contributed by atoms with Gasteiger partial charge in [-0.1, -0.05) is 17.7 Å². The maximum absolute atomic E-state index is 10.5. The predicted octanol–water partition coefficient (Wildman–Crippen LogP) is 3.05. The van der Waals surface area contributed by atoms with E-state index in [0.717, 1.165) is 37.8 Å². The van der Waals surface area contributed by atoms with Crippen LogP contribution in [0.15, 0.2) is 24.3 Å². The first kappa shape index (κ1) is 14.9.